The summed E-state index contributed by atoms with van der Waals surface area (Å²) in [5, 5.41) is 15.7. The van der Waals surface area contributed by atoms with Crippen LogP contribution in [0.1, 0.15) is 24.8 Å². The van der Waals surface area contributed by atoms with E-state index in [1.165, 1.54) is 6.08 Å². The Kier molecular flexibility index (Phi) is 7.06. The van der Waals surface area contributed by atoms with Crippen LogP contribution in [0.5, 0.6) is 5.75 Å². The minimum absolute atomic E-state index is 0.400. The largest absolute Gasteiger partial charge is 0.497 e. The van der Waals surface area contributed by atoms with Gasteiger partial charge >= 0.3 is 5.72 Å². The van der Waals surface area contributed by atoms with E-state index in [4.69, 9.17) is 31.9 Å². The number of ether oxygens (including phenoxy) is 2. The SMILES string of the molecule is COc1ccc(NC(=O)C2(N=N)C=CC(CCCC#N)=C(c3ccc(Cl)cc3)O2)cc1. The fourth-order valence-corrected chi connectivity index (χ4v) is 3.20. The highest BCUT2D eigenvalue weighted by Crippen LogP contribution is 2.36. The van der Waals surface area contributed by atoms with Crippen LogP contribution in [0.2, 0.25) is 5.02 Å². The Bertz CT molecular complexity index is 1060. The van der Waals surface area contributed by atoms with Crippen molar-refractivity contribution in [3.8, 4) is 11.8 Å². The third kappa shape index (κ3) is 5.11. The summed E-state index contributed by atoms with van der Waals surface area (Å²) in [5.41, 5.74) is 7.88. The van der Waals surface area contributed by atoms with Gasteiger partial charge in [0.1, 0.15) is 11.5 Å². The maximum Gasteiger partial charge on any atom is 0.316 e. The van der Waals surface area contributed by atoms with Crippen LogP contribution in [0.3, 0.4) is 0 Å². The molecule has 158 valence electrons. The van der Waals surface area contributed by atoms with Crippen LogP contribution >= 0.6 is 11.6 Å². The maximum absolute atomic E-state index is 13.1. The highest BCUT2D eigenvalue weighted by molar-refractivity contribution is 6.30. The molecule has 31 heavy (non-hydrogen) atoms. The fraction of sp³-hybridized carbons (Fsp3) is 0.217. The number of nitrogens with zero attached hydrogens (tertiary/aromatic N) is 2. The minimum atomic E-state index is -1.85. The molecular formula is C23H21ClN4O3. The van der Waals surface area contributed by atoms with E-state index in [2.05, 4.69) is 16.5 Å². The summed E-state index contributed by atoms with van der Waals surface area (Å²) in [6.45, 7) is 0. The quantitative estimate of drug-likeness (QED) is 0.408. The Morgan fingerprint density at radius 1 is 1.26 bits per heavy atom. The molecule has 1 aliphatic rings. The second kappa shape index (κ2) is 9.92. The number of benzene rings is 2. The molecule has 1 aliphatic heterocycles. The molecule has 2 N–H and O–H groups in total. The molecule has 0 spiro atoms. The predicted molar refractivity (Wildman–Crippen MR) is 118 cm³/mol. The summed E-state index contributed by atoms with van der Waals surface area (Å²) in [4.78, 5) is 13.1. The average molecular weight is 437 g/mol. The fourth-order valence-electron chi connectivity index (χ4n) is 3.07. The molecule has 7 nitrogen and oxygen atoms in total. The molecule has 1 unspecified atom stereocenters. The molecule has 0 bridgehead atoms. The number of unbranched alkanes of at least 4 members (excludes halogenated alkanes) is 1. The monoisotopic (exact) mass is 436 g/mol. The Morgan fingerprint density at radius 3 is 2.58 bits per heavy atom. The molecule has 2 aromatic carbocycles. The average Bonchev–Trinajstić information content (AvgIpc) is 2.80. The Morgan fingerprint density at radius 2 is 1.97 bits per heavy atom. The number of hydrogen-bond donors (Lipinski definition) is 2. The first-order valence-electron chi connectivity index (χ1n) is 9.60. The molecule has 0 saturated heterocycles. The van der Waals surface area contributed by atoms with E-state index >= 15 is 0 Å². The third-order valence-corrected chi connectivity index (χ3v) is 4.99. The first-order chi connectivity index (χ1) is 15.0. The van der Waals surface area contributed by atoms with E-state index in [9.17, 15) is 4.79 Å². The van der Waals surface area contributed by atoms with Crippen molar-refractivity contribution in [2.75, 3.05) is 12.4 Å². The van der Waals surface area contributed by atoms with Gasteiger partial charge in [0, 0.05) is 22.7 Å². The van der Waals surface area contributed by atoms with Gasteiger partial charge in [-0.3, -0.25) is 4.79 Å². The van der Waals surface area contributed by atoms with Gasteiger partial charge in [0.25, 0.3) is 5.91 Å². The number of amides is 1. The number of hydrogen-bond acceptors (Lipinski definition) is 6. The van der Waals surface area contributed by atoms with Crippen molar-refractivity contribution in [3.63, 3.8) is 0 Å². The molecule has 1 heterocycles. The predicted octanol–water partition coefficient (Wildman–Crippen LogP) is 5.71. The van der Waals surface area contributed by atoms with Crippen molar-refractivity contribution < 1.29 is 14.3 Å². The van der Waals surface area contributed by atoms with E-state index in [-0.39, 0.29) is 0 Å². The van der Waals surface area contributed by atoms with Crippen LogP contribution in [0.15, 0.2) is 71.4 Å². The minimum Gasteiger partial charge on any atom is -0.497 e. The van der Waals surface area contributed by atoms with Crippen LogP contribution in [0, 0.1) is 16.9 Å². The van der Waals surface area contributed by atoms with Crippen LogP contribution in [0.4, 0.5) is 5.69 Å². The molecule has 0 radical (unpaired) electrons. The van der Waals surface area contributed by atoms with Crippen molar-refractivity contribution in [2.45, 2.75) is 25.0 Å². The molecule has 1 atom stereocenters. The Labute approximate surface area is 185 Å². The van der Waals surface area contributed by atoms with Crippen molar-refractivity contribution in [3.05, 3.63) is 76.8 Å². The molecule has 8 heteroatoms. The lowest BCUT2D eigenvalue weighted by Crippen LogP contribution is -2.42. The molecular weight excluding hydrogens is 416 g/mol. The lowest BCUT2D eigenvalue weighted by molar-refractivity contribution is -0.129. The highest BCUT2D eigenvalue weighted by atomic mass is 35.5. The van der Waals surface area contributed by atoms with Crippen molar-refractivity contribution >= 4 is 29.0 Å². The van der Waals surface area contributed by atoms with Gasteiger partial charge in [-0.1, -0.05) is 17.7 Å². The second-order valence-electron chi connectivity index (χ2n) is 6.80. The number of halogens is 1. The van der Waals surface area contributed by atoms with Crippen LogP contribution in [-0.2, 0) is 9.53 Å². The van der Waals surface area contributed by atoms with Crippen molar-refractivity contribution in [1.29, 1.82) is 10.8 Å². The number of nitriles is 1. The number of methoxy groups -OCH3 is 1. The molecule has 0 saturated carbocycles. The van der Waals surface area contributed by atoms with Gasteiger partial charge in [-0.15, -0.1) is 5.11 Å². The highest BCUT2D eigenvalue weighted by Gasteiger charge is 2.42. The summed E-state index contributed by atoms with van der Waals surface area (Å²) in [6.07, 6.45) is 4.81. The zero-order chi connectivity index (χ0) is 22.3. The van der Waals surface area contributed by atoms with Crippen LogP contribution in [0.25, 0.3) is 5.76 Å². The first kappa shape index (κ1) is 22.1. The molecule has 3 rings (SSSR count). The second-order valence-corrected chi connectivity index (χ2v) is 7.24. The normalized spacial score (nSPS) is 17.5. The van der Waals surface area contributed by atoms with Gasteiger partial charge in [-0.25, -0.2) is 5.53 Å². The van der Waals surface area contributed by atoms with E-state index < -0.39 is 11.6 Å². The summed E-state index contributed by atoms with van der Waals surface area (Å²) in [7, 11) is 1.56. The van der Waals surface area contributed by atoms with E-state index in [0.29, 0.717) is 47.0 Å². The van der Waals surface area contributed by atoms with Gasteiger partial charge in [0.2, 0.25) is 0 Å². The number of carbonyl (C=O) groups is 1. The summed E-state index contributed by atoms with van der Waals surface area (Å²) in [6, 6.07) is 15.9. The third-order valence-electron chi connectivity index (χ3n) is 4.74. The molecule has 0 fully saturated rings. The number of allylic oxidation sites excluding steroid dienone is 2. The lowest BCUT2D eigenvalue weighted by Gasteiger charge is -2.31. The first-order valence-corrected chi connectivity index (χ1v) is 9.97. The summed E-state index contributed by atoms with van der Waals surface area (Å²) >= 11 is 6.01. The van der Waals surface area contributed by atoms with Crippen molar-refractivity contribution in [2.24, 2.45) is 5.11 Å². The number of carbonyl (C=O) groups excluding carboxylic acids is 1. The van der Waals surface area contributed by atoms with Crippen molar-refractivity contribution in [1.82, 2.24) is 0 Å². The maximum atomic E-state index is 13.1. The molecule has 1 amide bonds. The standard InChI is InChI=1S/C23H21ClN4O3/c1-30-20-11-9-19(10-12-20)27-22(29)23(28-26)14-13-16(4-2-3-15-25)21(31-23)17-5-7-18(24)8-6-17/h5-14,26H,2-4H2,1H3,(H,27,29). The molecule has 2 aromatic rings. The Balaban J connectivity index is 1.90. The topological polar surface area (TPSA) is 108 Å². The molecule has 0 aliphatic carbocycles. The molecule has 0 aromatic heterocycles. The number of anilines is 1. The van der Waals surface area contributed by atoms with Gasteiger partial charge in [0.05, 0.1) is 13.2 Å². The number of rotatable bonds is 8. The lowest BCUT2D eigenvalue weighted by atomic mass is 9.98. The number of nitrogens with one attached hydrogen (secondary N) is 2. The van der Waals surface area contributed by atoms with E-state index in [1.54, 1.807) is 61.7 Å². The van der Waals surface area contributed by atoms with Gasteiger partial charge in [-0.05, 0) is 73.0 Å². The summed E-state index contributed by atoms with van der Waals surface area (Å²) in [5.74, 6) is 0.478. The Hall–Kier alpha value is -3.63. The van der Waals surface area contributed by atoms with Gasteiger partial charge < -0.3 is 14.8 Å². The zero-order valence-corrected chi connectivity index (χ0v) is 17.6. The smallest absolute Gasteiger partial charge is 0.316 e. The van der Waals surface area contributed by atoms with Crippen LogP contribution in [-0.4, -0.2) is 18.7 Å². The van der Waals surface area contributed by atoms with E-state index in [0.717, 1.165) is 5.57 Å². The summed E-state index contributed by atoms with van der Waals surface area (Å²) < 4.78 is 11.2. The zero-order valence-electron chi connectivity index (χ0n) is 16.9. The van der Waals surface area contributed by atoms with Crippen LogP contribution < -0.4 is 10.1 Å². The van der Waals surface area contributed by atoms with E-state index in [1.807, 2.05) is 0 Å². The van der Waals surface area contributed by atoms with Gasteiger partial charge in [-0.2, -0.15) is 5.26 Å². The van der Waals surface area contributed by atoms with Gasteiger partial charge in [0.15, 0.2) is 0 Å².